The molecule has 4 aliphatic carbocycles. The molecule has 3 aliphatic heterocycles. The highest BCUT2D eigenvalue weighted by atomic mass is 32.2. The lowest BCUT2D eigenvalue weighted by Gasteiger charge is -2.62. The molecule has 7 aliphatic rings. The van der Waals surface area contributed by atoms with E-state index in [1.54, 1.807) is 13.8 Å². The first kappa shape index (κ1) is 58.9. The van der Waals surface area contributed by atoms with Crippen LogP contribution in [0, 0.1) is 43.4 Å². The third-order valence-electron chi connectivity index (χ3n) is 17.0. The van der Waals surface area contributed by atoms with Gasteiger partial charge in [-0.2, -0.15) is 0 Å². The Morgan fingerprint density at radius 3 is 2.41 bits per heavy atom. The molecule has 2 saturated heterocycles. The average Bonchev–Trinajstić information content (AvgIpc) is 3.64. The van der Waals surface area contributed by atoms with Crippen LogP contribution in [0.15, 0.2) is 63.9 Å². The number of likely N-dealkylation sites (tertiary alicyclic amines) is 1. The lowest BCUT2D eigenvalue weighted by Crippen LogP contribution is -2.70. The van der Waals surface area contributed by atoms with E-state index >= 15 is 4.39 Å². The molecule has 0 bridgehead atoms. The normalized spacial score (nSPS) is 31.9. The maximum Gasteiger partial charge on any atom is 0.352 e. The molecule has 3 amide bonds. The lowest BCUT2D eigenvalue weighted by atomic mass is 9.44. The van der Waals surface area contributed by atoms with Crippen LogP contribution in [-0.2, 0) is 35.3 Å². The number of ketones is 2. The number of aliphatic hydroxyl groups is 4. The number of Topliss-reactive ketones (excluding diaryl/α,β-unsaturated/α-hetero) is 1. The van der Waals surface area contributed by atoms with E-state index < -0.39 is 87.7 Å². The number of para-hydroxylation sites is 1. The van der Waals surface area contributed by atoms with Crippen molar-refractivity contribution in [1.82, 2.24) is 45.5 Å². The van der Waals surface area contributed by atoms with E-state index in [1.807, 2.05) is 13.0 Å². The minimum atomic E-state index is -2.23. The van der Waals surface area contributed by atoms with E-state index in [4.69, 9.17) is 0 Å². The number of piperidine rings is 1. The van der Waals surface area contributed by atoms with Crippen molar-refractivity contribution in [3.63, 3.8) is 0 Å². The Morgan fingerprint density at radius 2 is 1.76 bits per heavy atom. The smallest absolute Gasteiger partial charge is 0.352 e. The van der Waals surface area contributed by atoms with E-state index in [1.165, 1.54) is 88.3 Å². The zero-order valence-corrected chi connectivity index (χ0v) is 47.0. The third kappa shape index (κ3) is 10.9. The number of anilines is 1. The van der Waals surface area contributed by atoms with Gasteiger partial charge in [0.25, 0.3) is 5.91 Å². The van der Waals surface area contributed by atoms with Crippen LogP contribution < -0.4 is 10.6 Å². The number of allylic oxidation sites excluding steroid dienone is 4. The number of nitrogens with one attached hydrogen (secondary N) is 2. The molecular weight excluding hydrogens is 1070 g/mol. The molecule has 5 fully saturated rings. The van der Waals surface area contributed by atoms with Crippen LogP contribution in [0.25, 0.3) is 0 Å². The Balaban J connectivity index is 0.000000157. The number of hydrogen-bond donors (Lipinski definition) is 7. The zero-order valence-electron chi connectivity index (χ0n) is 44.6. The van der Waals surface area contributed by atoms with Gasteiger partial charge < -0.3 is 36.2 Å². The van der Waals surface area contributed by atoms with Crippen molar-refractivity contribution in [3.05, 3.63) is 75.7 Å². The number of benzene rings is 1. The van der Waals surface area contributed by atoms with Gasteiger partial charge in [-0.1, -0.05) is 79.6 Å². The second kappa shape index (κ2) is 23.8. The number of rotatable bonds is 14. The Labute approximate surface area is 464 Å². The number of fused-ring (bicyclic) bond motifs is 6. The molecule has 11 atom stereocenters. The lowest BCUT2D eigenvalue weighted by molar-refractivity contribution is -0.222. The summed E-state index contributed by atoms with van der Waals surface area (Å²) in [5.41, 5.74) is -2.23. The number of unbranched alkanes of at least 4 members (excludes halogenated alkanes) is 1. The van der Waals surface area contributed by atoms with Gasteiger partial charge in [-0.3, -0.25) is 33.8 Å². The molecule has 0 radical (unpaired) electrons. The third-order valence-corrected chi connectivity index (χ3v) is 20.4. The highest BCUT2D eigenvalue weighted by Crippen LogP contribution is 2.69. The average molecular weight is 1140 g/mol. The van der Waals surface area contributed by atoms with Gasteiger partial charge in [-0.15, -0.1) is 27.1 Å². The molecule has 5 heterocycles. The minimum Gasteiger partial charge on any atom is -0.477 e. The number of carbonyl (C=O) groups excluding carboxylic acids is 5. The standard InChI is InChI=1S/C21H27FO6.C18H28N2O.C14H14N8O4S3/c1-18-6-5-12(24)7-11(18)3-4-13-14-8-15(25)21(28,17(27)10-23)19(14,2)9-16(26)20(13,18)22;1-4-5-12-20-13-7-6-11-16(20)18(21)19-17-14(2)9-8-10-15(17)3;1-6-17-18-14(29-6)28-4-7-3-27-12-9(11(24)22(12)10(7)13(25)26)16-8(23)2-21-5-15-19-20-21/h5-7,13-16,23,25-26,28H,3-4,8-10H2,1-2H3;8-10,16H,4-7,11-13H2,1-3H3,(H,19,21);5,9,12H,2-4H2,1H3,(H,16,23)(H,25,26)/t13-,14-,15+,16-,18-,19-,20-,21-;;9-,12-/m0.1/s1. The van der Waals surface area contributed by atoms with Crippen molar-refractivity contribution < 1.29 is 58.7 Å². The van der Waals surface area contributed by atoms with Gasteiger partial charge in [-0.05, 0) is 131 Å². The Hall–Kier alpha value is -5.28. The molecule has 7 N–H and O–H groups in total. The fourth-order valence-corrected chi connectivity index (χ4v) is 16.2. The highest BCUT2D eigenvalue weighted by molar-refractivity contribution is 8.01. The molecule has 3 saturated carbocycles. The summed E-state index contributed by atoms with van der Waals surface area (Å²) in [6.07, 6.45) is 8.94. The fraction of sp³-hybridized carbons (Fsp3) is 0.604. The van der Waals surface area contributed by atoms with Crippen molar-refractivity contribution in [2.45, 2.75) is 151 Å². The van der Waals surface area contributed by atoms with Gasteiger partial charge in [-0.25, -0.2) is 13.9 Å². The van der Waals surface area contributed by atoms with Gasteiger partial charge in [0, 0.05) is 33.9 Å². The molecule has 21 nitrogen and oxygen atoms in total. The number of halogens is 1. The summed E-state index contributed by atoms with van der Waals surface area (Å²) in [5.74, 6) is -3.40. The number of carboxylic acids is 1. The fourth-order valence-electron chi connectivity index (χ4n) is 12.9. The molecule has 422 valence electrons. The molecule has 25 heteroatoms. The van der Waals surface area contributed by atoms with Crippen LogP contribution in [0.5, 0.6) is 0 Å². The number of thioether (sulfide) groups is 2. The van der Waals surface area contributed by atoms with E-state index in [0.29, 0.717) is 35.5 Å². The van der Waals surface area contributed by atoms with Crippen molar-refractivity contribution in [3.8, 4) is 0 Å². The maximum absolute atomic E-state index is 16.8. The molecular formula is C53H69FN10O11S3. The van der Waals surface area contributed by atoms with E-state index in [-0.39, 0.29) is 42.8 Å². The Bertz CT molecular complexity index is 2870. The number of nitrogens with zero attached hydrogens (tertiary/aromatic N) is 8. The molecule has 10 rings (SSSR count). The highest BCUT2D eigenvalue weighted by Gasteiger charge is 2.76. The van der Waals surface area contributed by atoms with Crippen LogP contribution in [0.2, 0.25) is 0 Å². The van der Waals surface area contributed by atoms with Gasteiger partial charge in [0.15, 0.2) is 27.2 Å². The molecule has 2 aromatic heterocycles. The second-order valence-corrected chi connectivity index (χ2v) is 25.1. The molecule has 3 aromatic rings. The van der Waals surface area contributed by atoms with E-state index in [2.05, 4.69) is 74.2 Å². The SMILES string of the molecule is CCCCN1CCCCC1C(=O)Nc1c(C)cccc1C.C[C@]12C=CC(=O)C=C1CC[C@H]1[C@@H]3C[C@@H](O)[C@](O)(C(=O)CO)[C@@]3(C)C[C@H](O)[C@@]12F.Cc1nnc(SCC2=C(C(=O)O)N3C(=O)[C@@H](NC(=O)Cn4cnnn4)[C@H]3SC2)s1. The van der Waals surface area contributed by atoms with Crippen LogP contribution in [-0.4, -0.2) is 173 Å². The summed E-state index contributed by atoms with van der Waals surface area (Å²) in [7, 11) is 0. The van der Waals surface area contributed by atoms with Gasteiger partial charge in [0.1, 0.15) is 41.6 Å². The summed E-state index contributed by atoms with van der Waals surface area (Å²) >= 11 is 4.24. The van der Waals surface area contributed by atoms with Gasteiger partial charge >= 0.3 is 5.97 Å². The van der Waals surface area contributed by atoms with E-state index in [0.717, 1.165) is 52.1 Å². The number of tetrazole rings is 1. The van der Waals surface area contributed by atoms with Crippen LogP contribution in [0.3, 0.4) is 0 Å². The Morgan fingerprint density at radius 1 is 1.01 bits per heavy atom. The summed E-state index contributed by atoms with van der Waals surface area (Å²) in [5, 5.41) is 76.4. The number of carbonyl (C=O) groups is 6. The van der Waals surface area contributed by atoms with E-state index in [9.17, 15) is 54.3 Å². The van der Waals surface area contributed by atoms with Crippen LogP contribution in [0.1, 0.15) is 94.7 Å². The zero-order chi connectivity index (χ0) is 56.5. The number of aryl methyl sites for hydroxylation is 3. The number of β-lactam (4-membered cyclic amide) rings is 1. The molecule has 1 unspecified atom stereocenters. The first-order chi connectivity index (χ1) is 37.0. The summed E-state index contributed by atoms with van der Waals surface area (Å²) in [6, 6.07) is 5.41. The van der Waals surface area contributed by atoms with Crippen molar-refractivity contribution in [2.75, 3.05) is 36.5 Å². The van der Waals surface area contributed by atoms with Crippen molar-refractivity contribution >= 4 is 75.8 Å². The summed E-state index contributed by atoms with van der Waals surface area (Å²) in [6.45, 7) is 12.5. The number of amides is 3. The van der Waals surface area contributed by atoms with Crippen LogP contribution >= 0.6 is 34.9 Å². The van der Waals surface area contributed by atoms with Crippen molar-refractivity contribution in [1.29, 1.82) is 0 Å². The van der Waals surface area contributed by atoms with Gasteiger partial charge in [0.2, 0.25) is 11.8 Å². The summed E-state index contributed by atoms with van der Waals surface area (Å²) in [4.78, 5) is 77.1. The number of aromatic nitrogens is 6. The number of alkyl halides is 1. The maximum atomic E-state index is 16.8. The first-order valence-corrected chi connectivity index (χ1v) is 29.2. The number of aliphatic carboxylic acids is 1. The molecule has 1 aromatic carbocycles. The molecule has 0 spiro atoms. The predicted octanol–water partition coefficient (Wildman–Crippen LogP) is 3.88. The quantitative estimate of drug-likeness (QED) is 0.0890. The van der Waals surface area contributed by atoms with Crippen LogP contribution in [0.4, 0.5) is 10.1 Å². The second-order valence-electron chi connectivity index (χ2n) is 21.6. The molecule has 78 heavy (non-hydrogen) atoms. The van der Waals surface area contributed by atoms with Crippen molar-refractivity contribution in [2.24, 2.45) is 22.7 Å². The topological polar surface area (TPSA) is 303 Å². The largest absolute Gasteiger partial charge is 0.477 e. The monoisotopic (exact) mass is 1140 g/mol. The Kier molecular flexibility index (Phi) is 18.0. The predicted molar refractivity (Wildman–Crippen MR) is 288 cm³/mol. The number of aliphatic hydroxyl groups excluding tert-OH is 3. The van der Waals surface area contributed by atoms with Gasteiger partial charge in [0.05, 0.1) is 18.2 Å². The number of carboxylic acid groups (broad SMARTS) is 1. The first-order valence-electron chi connectivity index (χ1n) is 26.3. The summed E-state index contributed by atoms with van der Waals surface area (Å²) < 4.78 is 18.8. The minimum absolute atomic E-state index is 0.0135. The number of hydrogen-bond acceptors (Lipinski definition) is 19.